The number of ether oxygens (including phenoxy) is 1. The van der Waals surface area contributed by atoms with Gasteiger partial charge in [0.05, 0.1) is 13.7 Å². The molecule has 104 valence electrons. The molecular weight excluding hydrogens is 234 g/mol. The van der Waals surface area contributed by atoms with E-state index < -0.39 is 0 Å². The van der Waals surface area contributed by atoms with Crippen LogP contribution in [0.3, 0.4) is 0 Å². The molecule has 1 rings (SSSR count). The summed E-state index contributed by atoms with van der Waals surface area (Å²) in [6.45, 7) is 4.81. The maximum absolute atomic E-state index is 11.5. The van der Waals surface area contributed by atoms with Crippen LogP contribution in [-0.2, 0) is 14.3 Å². The van der Waals surface area contributed by atoms with E-state index in [1.54, 1.807) is 0 Å². The number of hydrogen-bond acceptors (Lipinski definition) is 5. The summed E-state index contributed by atoms with van der Waals surface area (Å²) in [5.41, 5.74) is 0.0172. The van der Waals surface area contributed by atoms with E-state index in [0.29, 0.717) is 25.9 Å². The smallest absolute Gasteiger partial charge is 0.305 e. The molecule has 0 spiro atoms. The Hall–Kier alpha value is -1.14. The normalized spacial score (nSPS) is 22.8. The van der Waals surface area contributed by atoms with Crippen molar-refractivity contribution in [1.82, 2.24) is 16.0 Å². The first-order valence-electron chi connectivity index (χ1n) is 6.35. The highest BCUT2D eigenvalue weighted by Crippen LogP contribution is 2.12. The van der Waals surface area contributed by atoms with Crippen LogP contribution in [0.2, 0.25) is 0 Å². The van der Waals surface area contributed by atoms with Gasteiger partial charge in [-0.05, 0) is 26.3 Å². The minimum Gasteiger partial charge on any atom is -0.469 e. The Labute approximate surface area is 108 Å². The molecule has 6 nitrogen and oxygen atoms in total. The van der Waals surface area contributed by atoms with E-state index >= 15 is 0 Å². The molecule has 1 heterocycles. The van der Waals surface area contributed by atoms with Crippen molar-refractivity contribution >= 4 is 11.9 Å². The van der Waals surface area contributed by atoms with Gasteiger partial charge in [-0.25, -0.2) is 0 Å². The highest BCUT2D eigenvalue weighted by atomic mass is 16.5. The molecule has 0 aromatic heterocycles. The van der Waals surface area contributed by atoms with Gasteiger partial charge in [0.2, 0.25) is 5.91 Å². The van der Waals surface area contributed by atoms with Gasteiger partial charge in [-0.2, -0.15) is 0 Å². The van der Waals surface area contributed by atoms with E-state index in [1.807, 2.05) is 0 Å². The Kier molecular flexibility index (Phi) is 6.07. The van der Waals surface area contributed by atoms with Crippen LogP contribution in [0.25, 0.3) is 0 Å². The number of methoxy groups -OCH3 is 1. The molecule has 0 bridgehead atoms. The lowest BCUT2D eigenvalue weighted by atomic mass is 10.0. The third kappa shape index (κ3) is 5.46. The molecule has 1 unspecified atom stereocenters. The molecule has 1 fully saturated rings. The third-order valence-corrected chi connectivity index (χ3v) is 3.15. The number of esters is 1. The fourth-order valence-electron chi connectivity index (χ4n) is 1.89. The fraction of sp³-hybridized carbons (Fsp3) is 0.833. The van der Waals surface area contributed by atoms with Gasteiger partial charge in [0.15, 0.2) is 0 Å². The Morgan fingerprint density at radius 3 is 2.83 bits per heavy atom. The molecule has 0 radical (unpaired) electrons. The van der Waals surface area contributed by atoms with Crippen LogP contribution >= 0.6 is 0 Å². The minimum absolute atomic E-state index is 0.0172. The summed E-state index contributed by atoms with van der Waals surface area (Å²) in [7, 11) is 1.36. The summed E-state index contributed by atoms with van der Waals surface area (Å²) >= 11 is 0. The van der Waals surface area contributed by atoms with Crippen LogP contribution in [0.1, 0.15) is 26.2 Å². The first-order chi connectivity index (χ1) is 8.56. The lowest BCUT2D eigenvalue weighted by molar-refractivity contribution is -0.140. The Morgan fingerprint density at radius 1 is 1.44 bits per heavy atom. The first kappa shape index (κ1) is 14.9. The summed E-state index contributed by atoms with van der Waals surface area (Å²) < 4.78 is 4.51. The molecule has 6 heteroatoms. The maximum Gasteiger partial charge on any atom is 0.305 e. The summed E-state index contributed by atoms with van der Waals surface area (Å²) in [6, 6.07) is 0. The van der Waals surface area contributed by atoms with E-state index in [4.69, 9.17) is 0 Å². The van der Waals surface area contributed by atoms with Gasteiger partial charge < -0.3 is 20.7 Å². The van der Waals surface area contributed by atoms with Gasteiger partial charge in [-0.1, -0.05) is 0 Å². The second-order valence-electron chi connectivity index (χ2n) is 4.87. The number of nitrogens with one attached hydrogen (secondary N) is 3. The molecule has 1 saturated heterocycles. The van der Waals surface area contributed by atoms with Crippen molar-refractivity contribution in [3.63, 3.8) is 0 Å². The van der Waals surface area contributed by atoms with E-state index in [-0.39, 0.29) is 17.4 Å². The number of carbonyl (C=O) groups is 2. The Bertz CT molecular complexity index is 288. The van der Waals surface area contributed by atoms with Crippen molar-refractivity contribution in [2.45, 2.75) is 31.7 Å². The van der Waals surface area contributed by atoms with Crippen molar-refractivity contribution in [3.8, 4) is 0 Å². The van der Waals surface area contributed by atoms with E-state index in [2.05, 4.69) is 27.6 Å². The molecule has 1 aliphatic heterocycles. The van der Waals surface area contributed by atoms with Crippen molar-refractivity contribution in [3.05, 3.63) is 0 Å². The second-order valence-corrected chi connectivity index (χ2v) is 4.87. The molecule has 1 atom stereocenters. The SMILES string of the molecule is COC(=O)CCCNC(=O)CNC1(C)CCNC1. The predicted octanol–water partition coefficient (Wildman–Crippen LogP) is -0.603. The van der Waals surface area contributed by atoms with Crippen LogP contribution < -0.4 is 16.0 Å². The Morgan fingerprint density at radius 2 is 2.22 bits per heavy atom. The first-order valence-corrected chi connectivity index (χ1v) is 6.35. The molecule has 0 aliphatic carbocycles. The number of hydrogen-bond donors (Lipinski definition) is 3. The molecule has 0 aromatic carbocycles. The fourth-order valence-corrected chi connectivity index (χ4v) is 1.89. The van der Waals surface area contributed by atoms with Gasteiger partial charge >= 0.3 is 5.97 Å². The summed E-state index contributed by atoms with van der Waals surface area (Å²) in [5, 5.41) is 9.29. The molecule has 1 aliphatic rings. The van der Waals surface area contributed by atoms with Crippen LogP contribution in [0.4, 0.5) is 0 Å². The summed E-state index contributed by atoms with van der Waals surface area (Å²) in [4.78, 5) is 22.4. The Balaban J connectivity index is 2.05. The molecular formula is C12H23N3O3. The predicted molar refractivity (Wildman–Crippen MR) is 68.2 cm³/mol. The largest absolute Gasteiger partial charge is 0.469 e. The zero-order valence-electron chi connectivity index (χ0n) is 11.2. The molecule has 1 amide bonds. The highest BCUT2D eigenvalue weighted by molar-refractivity contribution is 5.78. The average Bonchev–Trinajstić information content (AvgIpc) is 2.79. The standard InChI is InChI=1S/C12H23N3O3/c1-12(5-7-13-9-12)15-8-10(16)14-6-3-4-11(17)18-2/h13,15H,3-9H2,1-2H3,(H,14,16). The van der Waals surface area contributed by atoms with Crippen molar-refractivity contribution in [2.75, 3.05) is 33.3 Å². The minimum atomic E-state index is -0.244. The van der Waals surface area contributed by atoms with Crippen molar-refractivity contribution in [2.24, 2.45) is 0 Å². The monoisotopic (exact) mass is 257 g/mol. The van der Waals surface area contributed by atoms with E-state index in [1.165, 1.54) is 7.11 Å². The number of amides is 1. The molecule has 3 N–H and O–H groups in total. The van der Waals surface area contributed by atoms with Crippen LogP contribution in [0.5, 0.6) is 0 Å². The highest BCUT2D eigenvalue weighted by Gasteiger charge is 2.27. The molecule has 18 heavy (non-hydrogen) atoms. The average molecular weight is 257 g/mol. The molecule has 0 aromatic rings. The van der Waals surface area contributed by atoms with Gasteiger partial charge in [0.25, 0.3) is 0 Å². The maximum atomic E-state index is 11.5. The van der Waals surface area contributed by atoms with E-state index in [9.17, 15) is 9.59 Å². The van der Waals surface area contributed by atoms with Gasteiger partial charge in [0.1, 0.15) is 0 Å². The van der Waals surface area contributed by atoms with Crippen molar-refractivity contribution in [1.29, 1.82) is 0 Å². The van der Waals surface area contributed by atoms with Crippen molar-refractivity contribution < 1.29 is 14.3 Å². The lowest BCUT2D eigenvalue weighted by Crippen LogP contribution is -2.48. The molecule has 0 saturated carbocycles. The van der Waals surface area contributed by atoms with E-state index in [0.717, 1.165) is 19.5 Å². The zero-order chi connectivity index (χ0) is 13.4. The number of rotatable bonds is 7. The van der Waals surface area contributed by atoms with Gasteiger partial charge in [-0.3, -0.25) is 9.59 Å². The second kappa shape index (κ2) is 7.33. The van der Waals surface area contributed by atoms with Crippen LogP contribution in [0, 0.1) is 0 Å². The van der Waals surface area contributed by atoms with Gasteiger partial charge in [0, 0.05) is 25.0 Å². The van der Waals surface area contributed by atoms with Crippen LogP contribution in [0.15, 0.2) is 0 Å². The third-order valence-electron chi connectivity index (χ3n) is 3.15. The summed E-state index contributed by atoms with van der Waals surface area (Å²) in [6.07, 6.45) is 1.98. The van der Waals surface area contributed by atoms with Gasteiger partial charge in [-0.15, -0.1) is 0 Å². The topological polar surface area (TPSA) is 79.5 Å². The zero-order valence-corrected chi connectivity index (χ0v) is 11.2. The van der Waals surface area contributed by atoms with Crippen LogP contribution in [-0.4, -0.2) is 50.7 Å². The quantitative estimate of drug-likeness (QED) is 0.419. The lowest BCUT2D eigenvalue weighted by Gasteiger charge is -2.24. The number of carbonyl (C=O) groups excluding carboxylic acids is 2. The summed E-state index contributed by atoms with van der Waals surface area (Å²) in [5.74, 6) is -0.278.